The molecule has 1 unspecified atom stereocenters. The van der Waals surface area contributed by atoms with Gasteiger partial charge < -0.3 is 9.29 Å². The first kappa shape index (κ1) is 17.8. The molecule has 0 N–H and O–H groups in total. The van der Waals surface area contributed by atoms with E-state index < -0.39 is 10.4 Å². The normalized spacial score (nSPS) is 17.6. The summed E-state index contributed by atoms with van der Waals surface area (Å²) in [5.41, 5.74) is 0.606. The number of ketones is 1. The number of nitrogens with zero attached hydrogens (tertiary/aromatic N) is 1. The van der Waals surface area contributed by atoms with Gasteiger partial charge in [-0.3, -0.25) is 13.5 Å². The van der Waals surface area contributed by atoms with E-state index in [1.165, 1.54) is 0 Å². The number of quaternary nitrogens is 1. The molecule has 110 valence electrons. The molecule has 19 heavy (non-hydrogen) atoms. The van der Waals surface area contributed by atoms with E-state index in [-0.39, 0.29) is 12.0 Å². The zero-order chi connectivity index (χ0) is 15.3. The standard InChI is InChI=1S/C10H16NO2.CH4O4S/c1-8(2)9(12)7-11(3,4)10-5-6-13-10;1-5-6(2,3)4/h5-6,10H,1,7H2,2-4H3;1H3,(H,2,3,4)/q+1;/p-1. The van der Waals surface area contributed by atoms with Gasteiger partial charge in [-0.25, -0.2) is 8.42 Å². The van der Waals surface area contributed by atoms with E-state index in [1.807, 2.05) is 20.2 Å². The molecular formula is C11H19NO6S. The van der Waals surface area contributed by atoms with Crippen LogP contribution in [0.25, 0.3) is 0 Å². The third-order valence-corrected chi connectivity index (χ3v) is 2.79. The van der Waals surface area contributed by atoms with Crippen LogP contribution < -0.4 is 0 Å². The van der Waals surface area contributed by atoms with Crippen LogP contribution in [0.1, 0.15) is 6.92 Å². The van der Waals surface area contributed by atoms with Crippen LogP contribution in [0.3, 0.4) is 0 Å². The topological polar surface area (TPSA) is 92.7 Å². The Balaban J connectivity index is 0.000000459. The van der Waals surface area contributed by atoms with Crippen LogP contribution in [-0.2, 0) is 24.1 Å². The number of carbonyl (C=O) groups is 1. The quantitative estimate of drug-likeness (QED) is 0.310. The van der Waals surface area contributed by atoms with Crippen LogP contribution in [0.4, 0.5) is 0 Å². The zero-order valence-corrected chi connectivity index (χ0v) is 12.3. The fourth-order valence-electron chi connectivity index (χ4n) is 1.14. The van der Waals surface area contributed by atoms with Crippen LogP contribution in [0.5, 0.6) is 0 Å². The molecule has 8 heteroatoms. The van der Waals surface area contributed by atoms with Crippen molar-refractivity contribution in [3.63, 3.8) is 0 Å². The first-order valence-electron chi connectivity index (χ1n) is 5.34. The van der Waals surface area contributed by atoms with Crippen molar-refractivity contribution in [2.24, 2.45) is 0 Å². The van der Waals surface area contributed by atoms with Gasteiger partial charge in [0, 0.05) is 6.08 Å². The molecule has 1 heterocycles. The molecule has 0 saturated heterocycles. The second kappa shape index (κ2) is 6.80. The Morgan fingerprint density at radius 3 is 2.16 bits per heavy atom. The maximum atomic E-state index is 11.4. The lowest BCUT2D eigenvalue weighted by Gasteiger charge is -2.37. The van der Waals surface area contributed by atoms with Crippen LogP contribution in [0.2, 0.25) is 0 Å². The number of ether oxygens (including phenoxy) is 1. The first-order chi connectivity index (χ1) is 8.49. The summed E-state index contributed by atoms with van der Waals surface area (Å²) < 4.78 is 36.7. The molecule has 0 saturated carbocycles. The summed E-state index contributed by atoms with van der Waals surface area (Å²) in [4.78, 5) is 11.4. The van der Waals surface area contributed by atoms with Gasteiger partial charge in [0.15, 0.2) is 0 Å². The van der Waals surface area contributed by atoms with Crippen molar-refractivity contribution in [2.75, 3.05) is 27.7 Å². The van der Waals surface area contributed by atoms with Gasteiger partial charge in [-0.2, -0.15) is 0 Å². The largest absolute Gasteiger partial charge is 0.726 e. The van der Waals surface area contributed by atoms with Gasteiger partial charge in [-0.05, 0) is 12.5 Å². The van der Waals surface area contributed by atoms with Crippen molar-refractivity contribution in [3.05, 3.63) is 24.5 Å². The highest BCUT2D eigenvalue weighted by Crippen LogP contribution is 2.17. The lowest BCUT2D eigenvalue weighted by Crippen LogP contribution is -2.53. The SMILES string of the molecule is C=C(C)C(=O)C[N+](C)(C)C1C=CO1.COS(=O)(=O)[O-]. The monoisotopic (exact) mass is 293 g/mol. The second-order valence-electron chi connectivity index (χ2n) is 4.57. The van der Waals surface area contributed by atoms with E-state index in [2.05, 4.69) is 10.8 Å². The maximum absolute atomic E-state index is 11.4. The summed E-state index contributed by atoms with van der Waals surface area (Å²) in [5.74, 6) is 0.0916. The molecule has 0 radical (unpaired) electrons. The molecule has 1 rings (SSSR count). The van der Waals surface area contributed by atoms with Crippen molar-refractivity contribution in [3.8, 4) is 0 Å². The van der Waals surface area contributed by atoms with Gasteiger partial charge in [-0.1, -0.05) is 6.58 Å². The van der Waals surface area contributed by atoms with Crippen LogP contribution in [-0.4, -0.2) is 57.2 Å². The summed E-state index contributed by atoms with van der Waals surface area (Å²) in [6.07, 6.45) is 3.62. The number of carbonyl (C=O) groups excluding carboxylic acids is 1. The summed E-state index contributed by atoms with van der Waals surface area (Å²) in [6.45, 7) is 5.79. The molecule has 1 aliphatic rings. The molecule has 7 nitrogen and oxygen atoms in total. The predicted octanol–water partition coefficient (Wildman–Crippen LogP) is 0.171. The van der Waals surface area contributed by atoms with E-state index in [0.717, 1.165) is 7.11 Å². The number of likely N-dealkylation sites (N-methyl/N-ethyl adjacent to an activating group) is 1. The Kier molecular flexibility index (Phi) is 6.37. The number of rotatable bonds is 5. The van der Waals surface area contributed by atoms with Gasteiger partial charge in [0.2, 0.25) is 16.2 Å². The van der Waals surface area contributed by atoms with Gasteiger partial charge in [-0.15, -0.1) is 0 Å². The molecule has 0 aliphatic carbocycles. The van der Waals surface area contributed by atoms with E-state index in [1.54, 1.807) is 13.2 Å². The van der Waals surface area contributed by atoms with E-state index in [4.69, 9.17) is 4.74 Å². The molecule has 0 aromatic carbocycles. The molecule has 0 fully saturated rings. The minimum atomic E-state index is -4.41. The Morgan fingerprint density at radius 1 is 1.53 bits per heavy atom. The number of hydrogen-bond donors (Lipinski definition) is 0. The molecular weight excluding hydrogens is 274 g/mol. The number of Topliss-reactive ketones (excluding diaryl/α,β-unsaturated/α-hetero) is 1. The fourth-order valence-corrected chi connectivity index (χ4v) is 1.14. The third kappa shape index (κ3) is 7.06. The molecule has 1 atom stereocenters. The predicted molar refractivity (Wildman–Crippen MR) is 67.5 cm³/mol. The average Bonchev–Trinajstić information content (AvgIpc) is 2.12. The van der Waals surface area contributed by atoms with Gasteiger partial charge >= 0.3 is 0 Å². The summed E-state index contributed by atoms with van der Waals surface area (Å²) in [5, 5.41) is 0. The maximum Gasteiger partial charge on any atom is 0.255 e. The Hall–Kier alpha value is -1.22. The van der Waals surface area contributed by atoms with E-state index in [0.29, 0.717) is 16.6 Å². The molecule has 0 amide bonds. The highest BCUT2D eigenvalue weighted by Gasteiger charge is 2.33. The Bertz CT molecular complexity index is 466. The van der Waals surface area contributed by atoms with Crippen molar-refractivity contribution < 1.29 is 31.2 Å². The summed E-state index contributed by atoms with van der Waals surface area (Å²) in [7, 11) is 0.330. The zero-order valence-electron chi connectivity index (χ0n) is 11.5. The molecule has 0 aromatic heterocycles. The Morgan fingerprint density at radius 2 is 1.95 bits per heavy atom. The van der Waals surface area contributed by atoms with Crippen molar-refractivity contribution in [1.82, 2.24) is 0 Å². The van der Waals surface area contributed by atoms with Gasteiger partial charge in [0.1, 0.15) is 6.54 Å². The van der Waals surface area contributed by atoms with E-state index >= 15 is 0 Å². The molecule has 0 spiro atoms. The Labute approximate surface area is 113 Å². The minimum Gasteiger partial charge on any atom is -0.726 e. The van der Waals surface area contributed by atoms with Crippen LogP contribution in [0, 0.1) is 0 Å². The van der Waals surface area contributed by atoms with Crippen molar-refractivity contribution >= 4 is 16.2 Å². The lowest BCUT2D eigenvalue weighted by atomic mass is 10.2. The smallest absolute Gasteiger partial charge is 0.255 e. The van der Waals surface area contributed by atoms with E-state index in [9.17, 15) is 17.8 Å². The van der Waals surface area contributed by atoms with Gasteiger partial charge in [0.05, 0.1) is 27.5 Å². The van der Waals surface area contributed by atoms with Crippen LogP contribution in [0.15, 0.2) is 24.5 Å². The van der Waals surface area contributed by atoms with Gasteiger partial charge in [0.25, 0.3) is 6.23 Å². The fraction of sp³-hybridized carbons (Fsp3) is 0.545. The molecule has 0 bridgehead atoms. The van der Waals surface area contributed by atoms with Crippen molar-refractivity contribution in [2.45, 2.75) is 13.2 Å². The highest BCUT2D eigenvalue weighted by atomic mass is 32.3. The molecule has 0 aromatic rings. The third-order valence-electron chi connectivity index (χ3n) is 2.38. The highest BCUT2D eigenvalue weighted by molar-refractivity contribution is 7.80. The summed E-state index contributed by atoms with van der Waals surface area (Å²) in [6, 6.07) is 0. The first-order valence-corrected chi connectivity index (χ1v) is 6.68. The molecule has 1 aliphatic heterocycles. The van der Waals surface area contributed by atoms with Crippen molar-refractivity contribution in [1.29, 1.82) is 0 Å². The number of hydrogen-bond acceptors (Lipinski definition) is 6. The second-order valence-corrected chi connectivity index (χ2v) is 5.72. The average molecular weight is 293 g/mol. The minimum absolute atomic E-state index is 0.0169. The lowest BCUT2D eigenvalue weighted by molar-refractivity contribution is -0.924. The van der Waals surface area contributed by atoms with Crippen LogP contribution >= 0.6 is 0 Å². The summed E-state index contributed by atoms with van der Waals surface area (Å²) >= 11 is 0.